The Hall–Kier alpha value is 0.350. The molecule has 2 rings (SSSR count). The van der Waals surface area contributed by atoms with Crippen LogP contribution in [0.15, 0.2) is 0 Å². The fraction of sp³-hybridized carbons (Fsp3) is 1.00. The second-order valence-electron chi connectivity index (χ2n) is 5.18. The van der Waals surface area contributed by atoms with Gasteiger partial charge in [0.15, 0.2) is 0 Å². The maximum Gasteiger partial charge on any atom is 0.00791 e. The molecule has 0 bridgehead atoms. The fourth-order valence-corrected chi connectivity index (χ4v) is 7.05. The van der Waals surface area contributed by atoms with Crippen LogP contribution in [0.1, 0.15) is 33.6 Å². The summed E-state index contributed by atoms with van der Waals surface area (Å²) in [5.74, 6) is 5.17. The Morgan fingerprint density at radius 1 is 1.42 bits per heavy atom. The van der Waals surface area contributed by atoms with Crippen LogP contribution in [0, 0.1) is 11.8 Å². The molecule has 0 amide bonds. The minimum Gasteiger partial charge on any atom is -0.236 e. The van der Waals surface area contributed by atoms with E-state index >= 15 is 0 Å². The first-order valence-corrected chi connectivity index (χ1v) is 7.65. The lowest BCUT2D eigenvalue weighted by Crippen LogP contribution is -2.35. The highest BCUT2D eigenvalue weighted by molar-refractivity contribution is 8.40. The lowest BCUT2D eigenvalue weighted by Gasteiger charge is -2.42. The van der Waals surface area contributed by atoms with Gasteiger partial charge >= 0.3 is 0 Å². The third-order valence-corrected chi connectivity index (χ3v) is 9.54. The molecule has 1 saturated carbocycles. The van der Waals surface area contributed by atoms with E-state index in [1.807, 2.05) is 0 Å². The van der Waals surface area contributed by atoms with E-state index in [4.69, 9.17) is 0 Å². The van der Waals surface area contributed by atoms with Crippen molar-refractivity contribution in [1.82, 2.24) is 0 Å². The van der Waals surface area contributed by atoms with Gasteiger partial charge < -0.3 is 0 Å². The molecule has 2 fully saturated rings. The van der Waals surface area contributed by atoms with Gasteiger partial charge in [-0.15, -0.1) is 0 Å². The molecule has 12 heavy (non-hydrogen) atoms. The summed E-state index contributed by atoms with van der Waals surface area (Å²) < 4.78 is 0.805. The molecule has 72 valence electrons. The molecule has 0 N–H and O–H groups in total. The number of rotatable bonds is 2. The zero-order valence-corrected chi connectivity index (χ0v) is 9.71. The molecular weight excluding hydrogens is 164 g/mol. The van der Waals surface area contributed by atoms with Gasteiger partial charge in [-0.3, -0.25) is 0 Å². The van der Waals surface area contributed by atoms with E-state index in [1.165, 1.54) is 18.6 Å². The van der Waals surface area contributed by atoms with E-state index in [1.54, 1.807) is 5.75 Å². The van der Waals surface area contributed by atoms with Gasteiger partial charge in [0.05, 0.1) is 0 Å². The molecule has 0 nitrogen and oxygen atoms in total. The van der Waals surface area contributed by atoms with Crippen LogP contribution >= 0.6 is 10.0 Å². The molecule has 1 heteroatoms. The largest absolute Gasteiger partial charge is 0.236 e. The second-order valence-corrected chi connectivity index (χ2v) is 9.53. The SMILES string of the molecule is CCS1(C)CC1(C)C1CCC1C. The molecule has 0 aromatic carbocycles. The summed E-state index contributed by atoms with van der Waals surface area (Å²) in [6.07, 6.45) is 5.60. The van der Waals surface area contributed by atoms with Crippen molar-refractivity contribution < 1.29 is 0 Å². The minimum atomic E-state index is -0.145. The van der Waals surface area contributed by atoms with Crippen LogP contribution in [-0.2, 0) is 0 Å². The van der Waals surface area contributed by atoms with Crippen LogP contribution in [-0.4, -0.2) is 22.5 Å². The quantitative estimate of drug-likeness (QED) is 0.581. The summed E-state index contributed by atoms with van der Waals surface area (Å²) in [4.78, 5) is 0. The van der Waals surface area contributed by atoms with Gasteiger partial charge in [-0.25, -0.2) is 10.0 Å². The predicted octanol–water partition coefficient (Wildman–Crippen LogP) is 3.26. The van der Waals surface area contributed by atoms with Crippen LogP contribution in [0.3, 0.4) is 0 Å². The Balaban J connectivity index is 2.06. The van der Waals surface area contributed by atoms with Gasteiger partial charge in [-0.1, -0.05) is 27.2 Å². The van der Waals surface area contributed by atoms with Crippen molar-refractivity contribution in [2.75, 3.05) is 17.8 Å². The molecule has 1 aliphatic heterocycles. The average Bonchev–Trinajstić information content (AvgIpc) is 2.52. The normalized spacial score (nSPS) is 63.3. The Kier molecular flexibility index (Phi) is 1.81. The Morgan fingerprint density at radius 3 is 2.33 bits per heavy atom. The zero-order chi connectivity index (χ0) is 8.98. The molecule has 0 radical (unpaired) electrons. The first-order chi connectivity index (χ1) is 5.53. The smallest absolute Gasteiger partial charge is 0.00791 e. The summed E-state index contributed by atoms with van der Waals surface area (Å²) in [6, 6.07) is 0. The van der Waals surface area contributed by atoms with Crippen molar-refractivity contribution in [3.05, 3.63) is 0 Å². The number of hydrogen-bond donors (Lipinski definition) is 0. The van der Waals surface area contributed by atoms with Crippen molar-refractivity contribution in [3.8, 4) is 0 Å². The highest BCUT2D eigenvalue weighted by Crippen LogP contribution is 2.78. The standard InChI is InChI=1S/C11H22S/c1-5-12(4)8-11(12,3)10-7-6-9(10)2/h9-10H,5-8H2,1-4H3. The summed E-state index contributed by atoms with van der Waals surface area (Å²) in [6.45, 7) is 7.41. The molecule has 1 heterocycles. The highest BCUT2D eigenvalue weighted by atomic mass is 32.3. The van der Waals surface area contributed by atoms with Gasteiger partial charge in [0.2, 0.25) is 0 Å². The third-order valence-electron chi connectivity index (χ3n) is 4.68. The molecule has 0 spiro atoms. The van der Waals surface area contributed by atoms with Crippen molar-refractivity contribution in [3.63, 3.8) is 0 Å². The molecule has 0 aromatic heterocycles. The molecule has 1 aliphatic carbocycles. The van der Waals surface area contributed by atoms with Crippen LogP contribution < -0.4 is 0 Å². The molecule has 4 unspecified atom stereocenters. The van der Waals surface area contributed by atoms with E-state index in [9.17, 15) is 0 Å². The highest BCUT2D eigenvalue weighted by Gasteiger charge is 2.62. The van der Waals surface area contributed by atoms with Gasteiger partial charge in [0, 0.05) is 4.75 Å². The lowest BCUT2D eigenvalue weighted by atomic mass is 9.69. The maximum absolute atomic E-state index is 2.57. The molecule has 4 atom stereocenters. The summed E-state index contributed by atoms with van der Waals surface area (Å²) in [5.41, 5.74) is 0. The second kappa shape index (κ2) is 2.43. The first kappa shape index (κ1) is 8.93. The van der Waals surface area contributed by atoms with E-state index in [-0.39, 0.29) is 10.0 Å². The zero-order valence-electron chi connectivity index (χ0n) is 8.89. The summed E-state index contributed by atoms with van der Waals surface area (Å²) >= 11 is 0. The first-order valence-electron chi connectivity index (χ1n) is 5.27. The summed E-state index contributed by atoms with van der Waals surface area (Å²) in [7, 11) is -0.145. The van der Waals surface area contributed by atoms with Crippen molar-refractivity contribution in [1.29, 1.82) is 0 Å². The fourth-order valence-electron chi connectivity index (χ4n) is 3.08. The molecular formula is C11H22S. The van der Waals surface area contributed by atoms with Gasteiger partial charge in [0.25, 0.3) is 0 Å². The predicted molar refractivity (Wildman–Crippen MR) is 59.2 cm³/mol. The van der Waals surface area contributed by atoms with Gasteiger partial charge in [0.1, 0.15) is 0 Å². The minimum absolute atomic E-state index is 0.145. The van der Waals surface area contributed by atoms with Gasteiger partial charge in [-0.05, 0) is 36.0 Å². The van der Waals surface area contributed by atoms with Crippen LogP contribution in [0.25, 0.3) is 0 Å². The third kappa shape index (κ3) is 0.921. The Bertz CT molecular complexity index is 201. The molecule has 1 saturated heterocycles. The monoisotopic (exact) mass is 186 g/mol. The maximum atomic E-state index is 2.57. The van der Waals surface area contributed by atoms with Crippen molar-refractivity contribution in [2.24, 2.45) is 11.8 Å². The van der Waals surface area contributed by atoms with E-state index in [0.717, 1.165) is 16.6 Å². The van der Waals surface area contributed by atoms with E-state index in [0.29, 0.717) is 0 Å². The summed E-state index contributed by atoms with van der Waals surface area (Å²) in [5, 5.41) is 0. The average molecular weight is 186 g/mol. The van der Waals surface area contributed by atoms with Crippen LogP contribution in [0.5, 0.6) is 0 Å². The van der Waals surface area contributed by atoms with Crippen LogP contribution in [0.2, 0.25) is 0 Å². The molecule has 2 aliphatic rings. The van der Waals surface area contributed by atoms with E-state index in [2.05, 4.69) is 27.0 Å². The lowest BCUT2D eigenvalue weighted by molar-refractivity contribution is 0.171. The van der Waals surface area contributed by atoms with Gasteiger partial charge in [-0.2, -0.15) is 0 Å². The number of hydrogen-bond acceptors (Lipinski definition) is 0. The van der Waals surface area contributed by atoms with Crippen molar-refractivity contribution >= 4 is 10.0 Å². The van der Waals surface area contributed by atoms with E-state index < -0.39 is 0 Å². The van der Waals surface area contributed by atoms with Crippen molar-refractivity contribution in [2.45, 2.75) is 38.4 Å². The topological polar surface area (TPSA) is 0 Å². The Labute approximate surface area is 78.4 Å². The molecule has 0 aromatic rings. The Morgan fingerprint density at radius 2 is 2.08 bits per heavy atom. The van der Waals surface area contributed by atoms with Crippen LogP contribution in [0.4, 0.5) is 0 Å².